The van der Waals surface area contributed by atoms with Gasteiger partial charge in [0.1, 0.15) is 5.75 Å². The molecule has 0 aliphatic carbocycles. The number of aliphatic hydroxyl groups excluding tert-OH is 1. The van der Waals surface area contributed by atoms with Gasteiger partial charge in [-0.3, -0.25) is 4.90 Å². The van der Waals surface area contributed by atoms with Gasteiger partial charge in [0.2, 0.25) is 0 Å². The lowest BCUT2D eigenvalue weighted by Crippen LogP contribution is -2.37. The summed E-state index contributed by atoms with van der Waals surface area (Å²) in [7, 11) is 0. The molecule has 0 saturated carbocycles. The number of benzene rings is 2. The number of hydrogen-bond acceptors (Lipinski definition) is 4. The van der Waals surface area contributed by atoms with Gasteiger partial charge in [-0.15, -0.1) is 0 Å². The second kappa shape index (κ2) is 8.99. The van der Waals surface area contributed by atoms with Crippen LogP contribution in [0.2, 0.25) is 0 Å². The van der Waals surface area contributed by atoms with Crippen molar-refractivity contribution in [1.29, 1.82) is 0 Å². The molecule has 2 unspecified atom stereocenters. The van der Waals surface area contributed by atoms with E-state index in [2.05, 4.69) is 46.6 Å². The molecule has 25 heavy (non-hydrogen) atoms. The molecule has 134 valence electrons. The van der Waals surface area contributed by atoms with E-state index in [1.54, 1.807) is 0 Å². The zero-order valence-corrected chi connectivity index (χ0v) is 14.9. The van der Waals surface area contributed by atoms with Crippen LogP contribution in [0.4, 0.5) is 0 Å². The van der Waals surface area contributed by atoms with Gasteiger partial charge in [0, 0.05) is 32.2 Å². The van der Waals surface area contributed by atoms with Crippen LogP contribution in [0.15, 0.2) is 54.6 Å². The fourth-order valence-electron chi connectivity index (χ4n) is 3.48. The Morgan fingerprint density at radius 2 is 1.92 bits per heavy atom. The fourth-order valence-corrected chi connectivity index (χ4v) is 3.48. The summed E-state index contributed by atoms with van der Waals surface area (Å²) < 4.78 is 5.55. The predicted octanol–water partition coefficient (Wildman–Crippen LogP) is 2.81. The van der Waals surface area contributed by atoms with Crippen molar-refractivity contribution in [3.63, 3.8) is 0 Å². The molecule has 2 N–H and O–H groups in total. The summed E-state index contributed by atoms with van der Waals surface area (Å²) in [5, 5.41) is 13.6. The van der Waals surface area contributed by atoms with E-state index in [0.29, 0.717) is 12.6 Å². The van der Waals surface area contributed by atoms with Crippen LogP contribution in [0.1, 0.15) is 24.5 Å². The summed E-state index contributed by atoms with van der Waals surface area (Å²) in [5.41, 5.74) is 2.52. The maximum atomic E-state index is 10.1. The fraction of sp³-hybridized carbons (Fsp3) is 0.429. The third kappa shape index (κ3) is 5.30. The molecule has 1 fully saturated rings. The SMILES string of the molecule is CCOc1cccc(CNCC2CC(O)CN2Cc2ccccc2)c1. The Kier molecular flexibility index (Phi) is 6.45. The lowest BCUT2D eigenvalue weighted by atomic mass is 10.1. The van der Waals surface area contributed by atoms with Gasteiger partial charge >= 0.3 is 0 Å². The Morgan fingerprint density at radius 1 is 1.12 bits per heavy atom. The molecule has 2 aromatic rings. The highest BCUT2D eigenvalue weighted by Crippen LogP contribution is 2.20. The lowest BCUT2D eigenvalue weighted by Gasteiger charge is -2.24. The highest BCUT2D eigenvalue weighted by Gasteiger charge is 2.30. The largest absolute Gasteiger partial charge is 0.494 e. The highest BCUT2D eigenvalue weighted by atomic mass is 16.5. The molecule has 2 atom stereocenters. The molecule has 0 amide bonds. The third-order valence-corrected chi connectivity index (χ3v) is 4.65. The van der Waals surface area contributed by atoms with Crippen molar-refractivity contribution < 1.29 is 9.84 Å². The van der Waals surface area contributed by atoms with Crippen LogP contribution < -0.4 is 10.1 Å². The number of nitrogens with one attached hydrogen (secondary N) is 1. The molecule has 0 aromatic heterocycles. The smallest absolute Gasteiger partial charge is 0.119 e. The zero-order valence-electron chi connectivity index (χ0n) is 14.9. The number of likely N-dealkylation sites (tertiary alicyclic amines) is 1. The molecule has 0 radical (unpaired) electrons. The van der Waals surface area contributed by atoms with Gasteiger partial charge in [-0.2, -0.15) is 0 Å². The quantitative estimate of drug-likeness (QED) is 0.776. The van der Waals surface area contributed by atoms with E-state index in [1.165, 1.54) is 11.1 Å². The normalized spacial score (nSPS) is 20.7. The van der Waals surface area contributed by atoms with Crippen LogP contribution >= 0.6 is 0 Å². The molecular formula is C21H28N2O2. The summed E-state index contributed by atoms with van der Waals surface area (Å²) in [6.45, 7) is 6.02. The first-order chi connectivity index (χ1) is 12.2. The van der Waals surface area contributed by atoms with Crippen LogP contribution in [0.25, 0.3) is 0 Å². The lowest BCUT2D eigenvalue weighted by molar-refractivity contribution is 0.172. The molecule has 1 aliphatic rings. The minimum absolute atomic E-state index is 0.225. The number of β-amino-alcohol motifs (C(OH)–C–C–N with tert-alkyl or cyclic N) is 1. The number of ether oxygens (including phenoxy) is 1. The maximum absolute atomic E-state index is 10.1. The van der Waals surface area contributed by atoms with Crippen molar-refractivity contribution in [3.8, 4) is 5.75 Å². The van der Waals surface area contributed by atoms with Gasteiger partial charge in [0.05, 0.1) is 12.7 Å². The highest BCUT2D eigenvalue weighted by molar-refractivity contribution is 5.28. The van der Waals surface area contributed by atoms with E-state index in [9.17, 15) is 5.11 Å². The molecule has 0 spiro atoms. The molecule has 0 bridgehead atoms. The van der Waals surface area contributed by atoms with Crippen molar-refractivity contribution in [2.75, 3.05) is 19.7 Å². The molecule has 1 aliphatic heterocycles. The minimum atomic E-state index is -0.225. The van der Waals surface area contributed by atoms with Gasteiger partial charge in [-0.05, 0) is 36.6 Å². The number of rotatable bonds is 8. The average molecular weight is 340 g/mol. The monoisotopic (exact) mass is 340 g/mol. The van der Waals surface area contributed by atoms with E-state index in [1.807, 2.05) is 25.1 Å². The van der Waals surface area contributed by atoms with Gasteiger partial charge in [-0.1, -0.05) is 42.5 Å². The van der Waals surface area contributed by atoms with Crippen LogP contribution in [0.5, 0.6) is 5.75 Å². The minimum Gasteiger partial charge on any atom is -0.494 e. The van der Waals surface area contributed by atoms with Crippen LogP contribution in [0.3, 0.4) is 0 Å². The van der Waals surface area contributed by atoms with E-state index in [-0.39, 0.29) is 6.10 Å². The second-order valence-corrected chi connectivity index (χ2v) is 6.67. The van der Waals surface area contributed by atoms with E-state index >= 15 is 0 Å². The summed E-state index contributed by atoms with van der Waals surface area (Å²) in [5.74, 6) is 0.920. The van der Waals surface area contributed by atoms with Crippen molar-refractivity contribution in [3.05, 3.63) is 65.7 Å². The summed E-state index contributed by atoms with van der Waals surface area (Å²) in [6.07, 6.45) is 0.607. The molecule has 1 saturated heterocycles. The van der Waals surface area contributed by atoms with Crippen molar-refractivity contribution >= 4 is 0 Å². The first kappa shape index (κ1) is 17.9. The Balaban J connectivity index is 1.51. The average Bonchev–Trinajstić information content (AvgIpc) is 2.96. The summed E-state index contributed by atoms with van der Waals surface area (Å²) in [6, 6.07) is 19.1. The number of hydrogen-bond donors (Lipinski definition) is 2. The zero-order chi connectivity index (χ0) is 17.5. The van der Waals surface area contributed by atoms with Gasteiger partial charge in [0.15, 0.2) is 0 Å². The molecular weight excluding hydrogens is 312 g/mol. The summed E-state index contributed by atoms with van der Waals surface area (Å²) in [4.78, 5) is 2.38. The molecule has 1 heterocycles. The van der Waals surface area contributed by atoms with Crippen molar-refractivity contribution in [1.82, 2.24) is 10.2 Å². The van der Waals surface area contributed by atoms with E-state index < -0.39 is 0 Å². The molecule has 2 aromatic carbocycles. The second-order valence-electron chi connectivity index (χ2n) is 6.67. The van der Waals surface area contributed by atoms with Crippen molar-refractivity contribution in [2.24, 2.45) is 0 Å². The Labute approximate surface area is 150 Å². The maximum Gasteiger partial charge on any atom is 0.119 e. The molecule has 4 heteroatoms. The Bertz CT molecular complexity index is 647. The predicted molar refractivity (Wildman–Crippen MR) is 101 cm³/mol. The van der Waals surface area contributed by atoms with Crippen LogP contribution in [-0.4, -0.2) is 41.8 Å². The Hall–Kier alpha value is -1.88. The molecule has 4 nitrogen and oxygen atoms in total. The van der Waals surface area contributed by atoms with Crippen molar-refractivity contribution in [2.45, 2.75) is 38.6 Å². The van der Waals surface area contributed by atoms with E-state index in [4.69, 9.17) is 4.74 Å². The third-order valence-electron chi connectivity index (χ3n) is 4.65. The topological polar surface area (TPSA) is 44.7 Å². The number of nitrogens with zero attached hydrogens (tertiary/aromatic N) is 1. The molecule has 3 rings (SSSR count). The van der Waals surface area contributed by atoms with Crippen LogP contribution in [-0.2, 0) is 13.1 Å². The standard InChI is InChI=1S/C21H28N2O2/c1-2-25-21-10-6-9-18(11-21)13-22-14-19-12-20(24)16-23(19)15-17-7-4-3-5-8-17/h3-11,19-20,22,24H,2,12-16H2,1H3. The van der Waals surface area contributed by atoms with Gasteiger partial charge < -0.3 is 15.2 Å². The van der Waals surface area contributed by atoms with Crippen LogP contribution in [0, 0.1) is 0 Å². The summed E-state index contributed by atoms with van der Waals surface area (Å²) >= 11 is 0. The first-order valence-electron chi connectivity index (χ1n) is 9.13. The first-order valence-corrected chi connectivity index (χ1v) is 9.13. The number of aliphatic hydroxyl groups is 1. The Morgan fingerprint density at radius 3 is 2.72 bits per heavy atom. The van der Waals surface area contributed by atoms with Gasteiger partial charge in [-0.25, -0.2) is 0 Å². The van der Waals surface area contributed by atoms with Gasteiger partial charge in [0.25, 0.3) is 0 Å². The van der Waals surface area contributed by atoms with E-state index in [0.717, 1.165) is 38.3 Å².